The summed E-state index contributed by atoms with van der Waals surface area (Å²) < 4.78 is 0.891. The van der Waals surface area contributed by atoms with Crippen molar-refractivity contribution in [2.75, 3.05) is 6.54 Å². The largest absolute Gasteiger partial charge is 0.350 e. The van der Waals surface area contributed by atoms with Gasteiger partial charge >= 0.3 is 0 Å². The first-order valence-electron chi connectivity index (χ1n) is 5.12. The maximum atomic E-state index is 11.6. The summed E-state index contributed by atoms with van der Waals surface area (Å²) in [6.07, 6.45) is 0. The monoisotopic (exact) mass is 318 g/mol. The molecule has 0 aliphatic heterocycles. The van der Waals surface area contributed by atoms with Crippen molar-refractivity contribution in [1.82, 2.24) is 10.6 Å². The van der Waals surface area contributed by atoms with E-state index in [1.165, 1.54) is 11.3 Å². The van der Waals surface area contributed by atoms with E-state index in [9.17, 15) is 9.59 Å². The number of carbonyl (C=O) groups excluding carboxylic acids is 2. The molecule has 0 saturated carbocycles. The molecule has 1 aromatic heterocycles. The van der Waals surface area contributed by atoms with E-state index in [2.05, 4.69) is 26.6 Å². The average Bonchev–Trinajstić information content (AvgIpc) is 2.58. The molecule has 0 unspecified atom stereocenters. The number of carbonyl (C=O) groups is 2. The highest BCUT2D eigenvalue weighted by atomic mass is 79.9. The Labute approximate surface area is 113 Å². The van der Waals surface area contributed by atoms with Crippen LogP contribution in [0.5, 0.6) is 0 Å². The molecule has 2 N–H and O–H groups in total. The highest BCUT2D eigenvalue weighted by molar-refractivity contribution is 9.11. The number of halogens is 1. The zero-order valence-electron chi connectivity index (χ0n) is 9.96. The van der Waals surface area contributed by atoms with Crippen LogP contribution in [0, 0.1) is 0 Å². The maximum absolute atomic E-state index is 11.6. The van der Waals surface area contributed by atoms with Crippen molar-refractivity contribution in [2.45, 2.75) is 26.3 Å². The second-order valence-corrected chi connectivity index (χ2v) is 7.05. The first-order valence-corrected chi connectivity index (χ1v) is 6.73. The van der Waals surface area contributed by atoms with Gasteiger partial charge in [0.1, 0.15) is 0 Å². The van der Waals surface area contributed by atoms with Crippen molar-refractivity contribution in [3.8, 4) is 0 Å². The minimum atomic E-state index is -0.284. The molecule has 0 aromatic carbocycles. The Hall–Kier alpha value is -0.880. The highest BCUT2D eigenvalue weighted by Gasteiger charge is 2.15. The fraction of sp³-hybridized carbons (Fsp3) is 0.455. The van der Waals surface area contributed by atoms with Gasteiger partial charge in [0, 0.05) is 5.54 Å². The second-order valence-electron chi connectivity index (χ2n) is 4.58. The molecular formula is C11H15BrN2O2S. The Morgan fingerprint density at radius 1 is 1.35 bits per heavy atom. The molecule has 0 aliphatic carbocycles. The molecule has 0 aliphatic rings. The van der Waals surface area contributed by atoms with Gasteiger partial charge in [-0.3, -0.25) is 9.59 Å². The summed E-state index contributed by atoms with van der Waals surface area (Å²) in [6.45, 7) is 5.67. The lowest BCUT2D eigenvalue weighted by Crippen LogP contribution is -2.45. The molecule has 4 nitrogen and oxygen atoms in total. The summed E-state index contributed by atoms with van der Waals surface area (Å²) in [5.41, 5.74) is -0.284. The fourth-order valence-corrected chi connectivity index (χ4v) is 2.45. The van der Waals surface area contributed by atoms with Gasteiger partial charge in [-0.25, -0.2) is 0 Å². The molecule has 94 valence electrons. The fourth-order valence-electron chi connectivity index (χ4n) is 1.15. The van der Waals surface area contributed by atoms with Gasteiger partial charge in [-0.2, -0.15) is 0 Å². The van der Waals surface area contributed by atoms with Gasteiger partial charge in [0.05, 0.1) is 15.2 Å². The Morgan fingerprint density at radius 2 is 2.00 bits per heavy atom. The van der Waals surface area contributed by atoms with Crippen LogP contribution in [-0.2, 0) is 4.79 Å². The Bertz CT molecular complexity index is 423. The molecular weight excluding hydrogens is 304 g/mol. The van der Waals surface area contributed by atoms with Crippen LogP contribution in [0.15, 0.2) is 15.9 Å². The van der Waals surface area contributed by atoms with Crippen molar-refractivity contribution in [1.29, 1.82) is 0 Å². The lowest BCUT2D eigenvalue weighted by Gasteiger charge is -2.20. The van der Waals surface area contributed by atoms with E-state index in [4.69, 9.17) is 0 Å². The zero-order chi connectivity index (χ0) is 13.1. The highest BCUT2D eigenvalue weighted by Crippen LogP contribution is 2.21. The lowest BCUT2D eigenvalue weighted by atomic mass is 10.1. The van der Waals surface area contributed by atoms with Crippen LogP contribution in [0.2, 0.25) is 0 Å². The summed E-state index contributed by atoms with van der Waals surface area (Å²) in [5.74, 6) is -0.425. The van der Waals surface area contributed by atoms with Gasteiger partial charge in [0.2, 0.25) is 5.91 Å². The van der Waals surface area contributed by atoms with E-state index in [0.717, 1.165) is 3.79 Å². The quantitative estimate of drug-likeness (QED) is 0.897. The molecule has 2 amide bonds. The summed E-state index contributed by atoms with van der Waals surface area (Å²) in [7, 11) is 0. The molecule has 6 heteroatoms. The van der Waals surface area contributed by atoms with Crippen LogP contribution in [0.25, 0.3) is 0 Å². The van der Waals surface area contributed by atoms with Crippen LogP contribution < -0.4 is 10.6 Å². The van der Waals surface area contributed by atoms with E-state index in [0.29, 0.717) is 4.88 Å². The number of rotatable bonds is 3. The van der Waals surface area contributed by atoms with Gasteiger partial charge in [-0.05, 0) is 48.8 Å². The molecule has 0 radical (unpaired) electrons. The summed E-state index contributed by atoms with van der Waals surface area (Å²) in [4.78, 5) is 23.7. The number of thiophene rings is 1. The average molecular weight is 319 g/mol. The summed E-state index contributed by atoms with van der Waals surface area (Å²) in [5, 5.41) is 5.34. The van der Waals surface area contributed by atoms with Crippen molar-refractivity contribution in [3.05, 3.63) is 20.8 Å². The predicted octanol–water partition coefficient (Wildman–Crippen LogP) is 2.16. The molecule has 0 saturated heterocycles. The molecule has 0 bridgehead atoms. The maximum Gasteiger partial charge on any atom is 0.261 e. The van der Waals surface area contributed by atoms with Gasteiger partial charge in [0.15, 0.2) is 0 Å². The SMILES string of the molecule is CC(C)(C)NC(=O)CNC(=O)c1ccc(Br)s1. The molecule has 0 atom stereocenters. The number of hydrogen-bond donors (Lipinski definition) is 2. The van der Waals surface area contributed by atoms with Gasteiger partial charge in [0.25, 0.3) is 5.91 Å². The first-order chi connectivity index (χ1) is 7.78. The van der Waals surface area contributed by atoms with Crippen molar-refractivity contribution in [2.24, 2.45) is 0 Å². The molecule has 0 spiro atoms. The molecule has 1 aromatic rings. The molecule has 1 rings (SSSR count). The van der Waals surface area contributed by atoms with E-state index in [1.807, 2.05) is 20.8 Å². The number of hydrogen-bond acceptors (Lipinski definition) is 3. The molecule has 17 heavy (non-hydrogen) atoms. The van der Waals surface area contributed by atoms with Gasteiger partial charge < -0.3 is 10.6 Å². The number of amides is 2. The Balaban J connectivity index is 2.41. The van der Waals surface area contributed by atoms with Gasteiger partial charge in [-0.1, -0.05) is 0 Å². The predicted molar refractivity (Wildman–Crippen MR) is 72.2 cm³/mol. The van der Waals surface area contributed by atoms with Crippen molar-refractivity contribution < 1.29 is 9.59 Å². The minimum absolute atomic E-state index is 0.00831. The summed E-state index contributed by atoms with van der Waals surface area (Å²) in [6, 6.07) is 3.51. The minimum Gasteiger partial charge on any atom is -0.350 e. The van der Waals surface area contributed by atoms with E-state index in [1.54, 1.807) is 12.1 Å². The van der Waals surface area contributed by atoms with E-state index in [-0.39, 0.29) is 23.9 Å². The third-order valence-corrected chi connectivity index (χ3v) is 3.34. The standard InChI is InChI=1S/C11H15BrN2O2S/c1-11(2,3)14-9(15)6-13-10(16)7-4-5-8(12)17-7/h4-5H,6H2,1-3H3,(H,13,16)(H,14,15). The van der Waals surface area contributed by atoms with Crippen LogP contribution in [0.3, 0.4) is 0 Å². The Kier molecular flexibility index (Phi) is 4.70. The third kappa shape index (κ3) is 5.32. The molecule has 1 heterocycles. The molecule has 0 fully saturated rings. The zero-order valence-corrected chi connectivity index (χ0v) is 12.4. The summed E-state index contributed by atoms with van der Waals surface area (Å²) >= 11 is 4.61. The topological polar surface area (TPSA) is 58.2 Å². The van der Waals surface area contributed by atoms with Crippen LogP contribution >= 0.6 is 27.3 Å². The second kappa shape index (κ2) is 5.64. The van der Waals surface area contributed by atoms with Crippen LogP contribution in [0.4, 0.5) is 0 Å². The number of nitrogens with one attached hydrogen (secondary N) is 2. The Morgan fingerprint density at radius 3 is 2.47 bits per heavy atom. The van der Waals surface area contributed by atoms with Crippen molar-refractivity contribution >= 4 is 39.1 Å². The van der Waals surface area contributed by atoms with Crippen molar-refractivity contribution in [3.63, 3.8) is 0 Å². The van der Waals surface area contributed by atoms with Crippen LogP contribution in [0.1, 0.15) is 30.4 Å². The lowest BCUT2D eigenvalue weighted by molar-refractivity contribution is -0.121. The first kappa shape index (κ1) is 14.2. The van der Waals surface area contributed by atoms with E-state index >= 15 is 0 Å². The third-order valence-electron chi connectivity index (χ3n) is 1.72. The van der Waals surface area contributed by atoms with Crippen LogP contribution in [-0.4, -0.2) is 23.9 Å². The van der Waals surface area contributed by atoms with E-state index < -0.39 is 0 Å². The van der Waals surface area contributed by atoms with Gasteiger partial charge in [-0.15, -0.1) is 11.3 Å². The smallest absolute Gasteiger partial charge is 0.261 e. The normalized spacial score (nSPS) is 11.1.